The third kappa shape index (κ3) is 3.61. The van der Waals surface area contributed by atoms with Crippen LogP contribution in [0.25, 0.3) is 0 Å². The lowest BCUT2D eigenvalue weighted by atomic mass is 10.0. The fraction of sp³-hybridized carbons (Fsp3) is 0.467. The fourth-order valence-electron chi connectivity index (χ4n) is 2.26. The molecule has 2 unspecified atom stereocenters. The molecule has 0 aliphatic heterocycles. The van der Waals surface area contributed by atoms with Crippen molar-refractivity contribution in [3.63, 3.8) is 0 Å². The van der Waals surface area contributed by atoms with Crippen LogP contribution in [-0.2, 0) is 7.05 Å². The lowest BCUT2D eigenvalue weighted by molar-refractivity contribution is 0.519. The van der Waals surface area contributed by atoms with E-state index >= 15 is 0 Å². The minimum atomic E-state index is 0.327. The summed E-state index contributed by atoms with van der Waals surface area (Å²) in [6.07, 6.45) is 2.68. The highest BCUT2D eigenvalue weighted by molar-refractivity contribution is 7.99. The summed E-state index contributed by atoms with van der Waals surface area (Å²) in [5.74, 6) is 0. The molecule has 2 atom stereocenters. The first-order chi connectivity index (χ1) is 9.76. The highest BCUT2D eigenvalue weighted by atomic mass is 32.2. The second-order valence-electron chi connectivity index (χ2n) is 4.68. The van der Waals surface area contributed by atoms with Crippen LogP contribution >= 0.6 is 11.8 Å². The number of aryl methyl sites for hydroxylation is 1. The molecule has 0 fully saturated rings. The van der Waals surface area contributed by atoms with Crippen molar-refractivity contribution in [3.05, 3.63) is 42.2 Å². The van der Waals surface area contributed by atoms with Crippen molar-refractivity contribution in [2.24, 2.45) is 7.05 Å². The smallest absolute Gasteiger partial charge is 0.186 e. The van der Waals surface area contributed by atoms with Crippen molar-refractivity contribution in [2.75, 3.05) is 6.54 Å². The van der Waals surface area contributed by atoms with Gasteiger partial charge in [-0.05, 0) is 18.5 Å². The molecule has 0 aliphatic carbocycles. The molecule has 5 heteroatoms. The average molecular weight is 290 g/mol. The highest BCUT2D eigenvalue weighted by Crippen LogP contribution is 2.32. The minimum Gasteiger partial charge on any atom is -0.309 e. The predicted molar refractivity (Wildman–Crippen MR) is 83.8 cm³/mol. The number of nitrogens with zero attached hydrogens (tertiary/aromatic N) is 3. The zero-order valence-corrected chi connectivity index (χ0v) is 13.1. The van der Waals surface area contributed by atoms with Crippen LogP contribution in [0.15, 0.2) is 41.8 Å². The lowest BCUT2D eigenvalue weighted by Gasteiger charge is -2.26. The maximum Gasteiger partial charge on any atom is 0.186 e. The second-order valence-corrected chi connectivity index (χ2v) is 5.88. The summed E-state index contributed by atoms with van der Waals surface area (Å²) in [6, 6.07) is 11.0. The topological polar surface area (TPSA) is 42.7 Å². The van der Waals surface area contributed by atoms with Crippen LogP contribution in [-0.4, -0.2) is 26.6 Å². The minimum absolute atomic E-state index is 0.327. The van der Waals surface area contributed by atoms with Crippen LogP contribution in [0.3, 0.4) is 0 Å². The van der Waals surface area contributed by atoms with Crippen molar-refractivity contribution < 1.29 is 0 Å². The van der Waals surface area contributed by atoms with E-state index in [1.807, 2.05) is 11.7 Å². The van der Waals surface area contributed by atoms with Crippen LogP contribution in [0.5, 0.6) is 0 Å². The van der Waals surface area contributed by atoms with Crippen molar-refractivity contribution in [2.45, 2.75) is 36.7 Å². The molecule has 0 radical (unpaired) electrons. The van der Waals surface area contributed by atoms with Gasteiger partial charge in [0, 0.05) is 18.3 Å². The number of rotatable bonds is 7. The normalized spacial score (nSPS) is 14.2. The van der Waals surface area contributed by atoms with Gasteiger partial charge < -0.3 is 5.32 Å². The number of hydrogen-bond acceptors (Lipinski definition) is 4. The van der Waals surface area contributed by atoms with E-state index in [1.165, 1.54) is 5.56 Å². The Morgan fingerprint density at radius 1 is 1.25 bits per heavy atom. The summed E-state index contributed by atoms with van der Waals surface area (Å²) in [4.78, 5) is 4.33. The Balaban J connectivity index is 2.19. The quantitative estimate of drug-likeness (QED) is 0.796. The lowest BCUT2D eigenvalue weighted by Crippen LogP contribution is -2.30. The summed E-state index contributed by atoms with van der Waals surface area (Å²) in [6.45, 7) is 5.33. The number of hydrogen-bond donors (Lipinski definition) is 1. The third-order valence-electron chi connectivity index (χ3n) is 3.28. The van der Waals surface area contributed by atoms with E-state index in [4.69, 9.17) is 0 Å². The van der Waals surface area contributed by atoms with Gasteiger partial charge in [-0.15, -0.1) is 0 Å². The van der Waals surface area contributed by atoms with Gasteiger partial charge in [-0.1, -0.05) is 55.9 Å². The van der Waals surface area contributed by atoms with Gasteiger partial charge in [0.2, 0.25) is 0 Å². The fourth-order valence-corrected chi connectivity index (χ4v) is 3.39. The van der Waals surface area contributed by atoms with Gasteiger partial charge in [-0.25, -0.2) is 9.67 Å². The molecule has 2 rings (SSSR count). The number of nitrogens with one attached hydrogen (secondary N) is 1. The third-order valence-corrected chi connectivity index (χ3v) is 4.77. The Kier molecular flexibility index (Phi) is 5.61. The molecule has 4 nitrogen and oxygen atoms in total. The summed E-state index contributed by atoms with van der Waals surface area (Å²) >= 11 is 1.79. The average Bonchev–Trinajstić information content (AvgIpc) is 2.89. The number of aromatic nitrogens is 3. The van der Waals surface area contributed by atoms with E-state index in [0.717, 1.165) is 18.1 Å². The van der Waals surface area contributed by atoms with Gasteiger partial charge in [0.25, 0.3) is 0 Å². The molecular weight excluding hydrogens is 268 g/mol. The van der Waals surface area contributed by atoms with E-state index in [0.29, 0.717) is 11.3 Å². The standard InChI is InChI=1S/C15H22N4S/c1-4-13(20-15-17-11-18-19(15)3)14(16-5-2)12-9-7-6-8-10-12/h6-11,13-14,16H,4-5H2,1-3H3. The van der Waals surface area contributed by atoms with Crippen molar-refractivity contribution in [1.82, 2.24) is 20.1 Å². The monoisotopic (exact) mass is 290 g/mol. The zero-order chi connectivity index (χ0) is 14.4. The van der Waals surface area contributed by atoms with Crippen LogP contribution in [0.2, 0.25) is 0 Å². The maximum atomic E-state index is 4.33. The molecule has 0 amide bonds. The van der Waals surface area contributed by atoms with E-state index in [2.05, 4.69) is 59.6 Å². The van der Waals surface area contributed by atoms with E-state index < -0.39 is 0 Å². The van der Waals surface area contributed by atoms with E-state index in [1.54, 1.807) is 18.1 Å². The Hall–Kier alpha value is -1.33. The Labute approximate surface area is 125 Å². The number of benzene rings is 1. The summed E-state index contributed by atoms with van der Waals surface area (Å²) < 4.78 is 1.83. The van der Waals surface area contributed by atoms with Crippen molar-refractivity contribution in [3.8, 4) is 0 Å². The highest BCUT2D eigenvalue weighted by Gasteiger charge is 2.23. The maximum absolute atomic E-state index is 4.33. The van der Waals surface area contributed by atoms with Crippen LogP contribution < -0.4 is 5.32 Å². The molecule has 1 aromatic carbocycles. The molecule has 2 aromatic rings. The Morgan fingerprint density at radius 3 is 2.55 bits per heavy atom. The first-order valence-corrected chi connectivity index (χ1v) is 7.93. The number of thioether (sulfide) groups is 1. The SMILES string of the molecule is CCNC(c1ccccc1)C(CC)Sc1ncnn1C. The van der Waals surface area contributed by atoms with Crippen LogP contribution in [0.1, 0.15) is 31.9 Å². The molecule has 0 saturated heterocycles. The van der Waals surface area contributed by atoms with Gasteiger partial charge in [-0.2, -0.15) is 5.10 Å². The molecule has 20 heavy (non-hydrogen) atoms. The van der Waals surface area contributed by atoms with Gasteiger partial charge >= 0.3 is 0 Å². The predicted octanol–water partition coefficient (Wildman–Crippen LogP) is 3.04. The first-order valence-electron chi connectivity index (χ1n) is 7.05. The van der Waals surface area contributed by atoms with Crippen LogP contribution in [0.4, 0.5) is 0 Å². The molecule has 0 spiro atoms. The molecule has 1 N–H and O–H groups in total. The van der Waals surface area contributed by atoms with Gasteiger partial charge in [0.05, 0.1) is 0 Å². The zero-order valence-electron chi connectivity index (χ0n) is 12.3. The molecule has 108 valence electrons. The van der Waals surface area contributed by atoms with Gasteiger partial charge in [-0.3, -0.25) is 0 Å². The molecule has 1 heterocycles. The Bertz CT molecular complexity index is 512. The summed E-state index contributed by atoms with van der Waals surface area (Å²) in [7, 11) is 1.94. The van der Waals surface area contributed by atoms with E-state index in [9.17, 15) is 0 Å². The molecule has 0 aliphatic rings. The molecule has 0 saturated carbocycles. The van der Waals surface area contributed by atoms with Gasteiger partial charge in [0.15, 0.2) is 5.16 Å². The molecule has 0 bridgehead atoms. The van der Waals surface area contributed by atoms with Crippen molar-refractivity contribution >= 4 is 11.8 Å². The summed E-state index contributed by atoms with van der Waals surface area (Å²) in [5.41, 5.74) is 1.33. The molecular formula is C15H22N4S. The van der Waals surface area contributed by atoms with E-state index in [-0.39, 0.29) is 0 Å². The van der Waals surface area contributed by atoms with Crippen molar-refractivity contribution in [1.29, 1.82) is 0 Å². The molecule has 1 aromatic heterocycles. The summed E-state index contributed by atoms with van der Waals surface area (Å²) in [5, 5.41) is 9.15. The first kappa shape index (κ1) is 15.1. The van der Waals surface area contributed by atoms with Crippen LogP contribution in [0, 0.1) is 0 Å². The van der Waals surface area contributed by atoms with Gasteiger partial charge in [0.1, 0.15) is 6.33 Å². The second kappa shape index (κ2) is 7.45. The largest absolute Gasteiger partial charge is 0.309 e. The Morgan fingerprint density at radius 2 is 2.00 bits per heavy atom.